The van der Waals surface area contributed by atoms with Crippen molar-refractivity contribution in [3.05, 3.63) is 64.8 Å². The van der Waals surface area contributed by atoms with Crippen LogP contribution < -0.4 is 0 Å². The van der Waals surface area contributed by atoms with Gasteiger partial charge in [-0.15, -0.1) is 4.91 Å². The van der Waals surface area contributed by atoms with Gasteiger partial charge in [0.05, 0.1) is 5.69 Å². The van der Waals surface area contributed by atoms with E-state index in [1.807, 2.05) is 36.4 Å². The minimum atomic E-state index is 0.433. The second-order valence-electron chi connectivity index (χ2n) is 3.27. The fraction of sp³-hybridized carbons (Fsp3) is 0. The average Bonchev–Trinajstić information content (AvgIpc) is 2.38. The molecule has 2 aromatic rings. The molecular formula is C13H10N2O. The summed E-state index contributed by atoms with van der Waals surface area (Å²) in [4.78, 5) is 14.5. The highest BCUT2D eigenvalue weighted by atomic mass is 16.3. The van der Waals surface area contributed by atoms with Gasteiger partial charge in [-0.3, -0.25) is 4.98 Å². The molecule has 1 heterocycles. The smallest absolute Gasteiger partial charge is 0.108 e. The fourth-order valence-electron chi connectivity index (χ4n) is 1.34. The van der Waals surface area contributed by atoms with Crippen molar-refractivity contribution in [2.24, 2.45) is 5.18 Å². The summed E-state index contributed by atoms with van der Waals surface area (Å²) in [5.41, 5.74) is 2.25. The minimum absolute atomic E-state index is 0.433. The lowest BCUT2D eigenvalue weighted by Crippen LogP contribution is -1.76. The van der Waals surface area contributed by atoms with E-state index in [0.29, 0.717) is 5.69 Å². The molecule has 0 saturated carbocycles. The van der Waals surface area contributed by atoms with Gasteiger partial charge in [0.25, 0.3) is 0 Å². The highest BCUT2D eigenvalue weighted by Gasteiger charge is 1.92. The maximum atomic E-state index is 10.3. The Morgan fingerprint density at radius 2 is 2.00 bits per heavy atom. The van der Waals surface area contributed by atoms with Crippen LogP contribution >= 0.6 is 0 Å². The van der Waals surface area contributed by atoms with Crippen LogP contribution in [0.25, 0.3) is 12.2 Å². The molecule has 78 valence electrons. The molecule has 0 radical (unpaired) electrons. The summed E-state index contributed by atoms with van der Waals surface area (Å²) in [6, 6.07) is 12.8. The summed E-state index contributed by atoms with van der Waals surface area (Å²) in [6.45, 7) is 0. The summed E-state index contributed by atoms with van der Waals surface area (Å²) in [5.74, 6) is 0. The number of rotatable bonds is 3. The lowest BCUT2D eigenvalue weighted by molar-refractivity contribution is 1.30. The Bertz CT molecular complexity index is 506. The van der Waals surface area contributed by atoms with Crippen molar-refractivity contribution in [1.29, 1.82) is 0 Å². The van der Waals surface area contributed by atoms with Gasteiger partial charge in [-0.2, -0.15) is 0 Å². The molecule has 1 aromatic carbocycles. The summed E-state index contributed by atoms with van der Waals surface area (Å²) in [6.07, 6.45) is 5.53. The molecule has 0 unspecified atom stereocenters. The molecule has 0 saturated heterocycles. The second kappa shape index (κ2) is 4.98. The van der Waals surface area contributed by atoms with Crippen molar-refractivity contribution in [2.75, 3.05) is 0 Å². The van der Waals surface area contributed by atoms with Gasteiger partial charge >= 0.3 is 0 Å². The first kappa shape index (κ1) is 10.2. The van der Waals surface area contributed by atoms with Crippen LogP contribution in [0.1, 0.15) is 11.3 Å². The van der Waals surface area contributed by atoms with E-state index in [1.54, 1.807) is 24.4 Å². The van der Waals surface area contributed by atoms with Crippen molar-refractivity contribution in [2.45, 2.75) is 0 Å². The lowest BCUT2D eigenvalue weighted by atomic mass is 10.2. The van der Waals surface area contributed by atoms with Gasteiger partial charge in [0.15, 0.2) is 0 Å². The average molecular weight is 210 g/mol. The standard InChI is InChI=1S/C13H10N2O/c16-15-13-6-3-4-11(10-13)7-8-12-5-1-2-9-14-12/h1-10H. The van der Waals surface area contributed by atoms with Gasteiger partial charge < -0.3 is 0 Å². The zero-order chi connectivity index (χ0) is 11.2. The third-order valence-electron chi connectivity index (χ3n) is 2.11. The topological polar surface area (TPSA) is 42.3 Å². The lowest BCUT2D eigenvalue weighted by Gasteiger charge is -1.94. The number of benzene rings is 1. The third-order valence-corrected chi connectivity index (χ3v) is 2.11. The van der Waals surface area contributed by atoms with E-state index in [4.69, 9.17) is 0 Å². The molecule has 0 amide bonds. The van der Waals surface area contributed by atoms with Crippen LogP contribution in [-0.4, -0.2) is 4.98 Å². The molecule has 0 bridgehead atoms. The van der Waals surface area contributed by atoms with Gasteiger partial charge in [0.1, 0.15) is 5.69 Å². The van der Waals surface area contributed by atoms with Crippen LogP contribution in [0.15, 0.2) is 53.8 Å². The maximum absolute atomic E-state index is 10.3. The molecule has 0 fully saturated rings. The van der Waals surface area contributed by atoms with Crippen LogP contribution in [0.4, 0.5) is 5.69 Å². The van der Waals surface area contributed by atoms with E-state index in [1.165, 1.54) is 0 Å². The predicted molar refractivity (Wildman–Crippen MR) is 65.1 cm³/mol. The van der Waals surface area contributed by atoms with Crippen LogP contribution in [0.3, 0.4) is 0 Å². The number of hydrogen-bond donors (Lipinski definition) is 0. The molecule has 0 aliphatic carbocycles. The van der Waals surface area contributed by atoms with Gasteiger partial charge in [-0.05, 0) is 41.1 Å². The first-order chi connectivity index (χ1) is 7.88. The van der Waals surface area contributed by atoms with Gasteiger partial charge in [0.2, 0.25) is 0 Å². The fourth-order valence-corrected chi connectivity index (χ4v) is 1.34. The number of hydrogen-bond acceptors (Lipinski definition) is 3. The Morgan fingerprint density at radius 3 is 2.75 bits per heavy atom. The van der Waals surface area contributed by atoms with Crippen LogP contribution in [0.2, 0.25) is 0 Å². The van der Waals surface area contributed by atoms with E-state index in [9.17, 15) is 4.91 Å². The first-order valence-electron chi connectivity index (χ1n) is 4.91. The molecular weight excluding hydrogens is 200 g/mol. The van der Waals surface area contributed by atoms with Crippen LogP contribution in [0.5, 0.6) is 0 Å². The number of nitroso groups, excluding NO2 is 1. The van der Waals surface area contributed by atoms with Crippen molar-refractivity contribution >= 4 is 17.8 Å². The summed E-state index contributed by atoms with van der Waals surface area (Å²) in [7, 11) is 0. The van der Waals surface area contributed by atoms with E-state index in [-0.39, 0.29) is 0 Å². The van der Waals surface area contributed by atoms with Crippen molar-refractivity contribution in [3.63, 3.8) is 0 Å². The SMILES string of the molecule is O=Nc1cccc(C=Cc2ccccn2)c1. The quantitative estimate of drug-likeness (QED) is 0.725. The first-order valence-corrected chi connectivity index (χ1v) is 4.91. The summed E-state index contributed by atoms with van der Waals surface area (Å²) >= 11 is 0. The van der Waals surface area contributed by atoms with Crippen LogP contribution in [0, 0.1) is 4.91 Å². The predicted octanol–water partition coefficient (Wildman–Crippen LogP) is 3.65. The highest BCUT2D eigenvalue weighted by molar-refractivity contribution is 5.69. The minimum Gasteiger partial charge on any atom is -0.257 e. The van der Waals surface area contributed by atoms with E-state index >= 15 is 0 Å². The number of pyridine rings is 1. The van der Waals surface area contributed by atoms with E-state index < -0.39 is 0 Å². The summed E-state index contributed by atoms with van der Waals surface area (Å²) in [5, 5.41) is 2.89. The normalized spacial score (nSPS) is 10.5. The maximum Gasteiger partial charge on any atom is 0.108 e. The number of aromatic nitrogens is 1. The Kier molecular flexibility index (Phi) is 3.18. The van der Waals surface area contributed by atoms with E-state index in [2.05, 4.69) is 10.2 Å². The Morgan fingerprint density at radius 1 is 1.06 bits per heavy atom. The monoisotopic (exact) mass is 210 g/mol. The second-order valence-corrected chi connectivity index (χ2v) is 3.27. The third kappa shape index (κ3) is 2.60. The molecule has 16 heavy (non-hydrogen) atoms. The molecule has 0 spiro atoms. The molecule has 0 aliphatic heterocycles. The van der Waals surface area contributed by atoms with Gasteiger partial charge in [0, 0.05) is 6.20 Å². The van der Waals surface area contributed by atoms with Gasteiger partial charge in [-0.1, -0.05) is 24.3 Å². The largest absolute Gasteiger partial charge is 0.257 e. The Labute approximate surface area is 93.4 Å². The number of nitrogens with zero attached hydrogens (tertiary/aromatic N) is 2. The Hall–Kier alpha value is -2.29. The molecule has 3 nitrogen and oxygen atoms in total. The zero-order valence-corrected chi connectivity index (χ0v) is 8.58. The molecule has 3 heteroatoms. The van der Waals surface area contributed by atoms with Gasteiger partial charge in [-0.25, -0.2) is 0 Å². The zero-order valence-electron chi connectivity index (χ0n) is 8.58. The molecule has 0 atom stereocenters. The van der Waals surface area contributed by atoms with Crippen LogP contribution in [-0.2, 0) is 0 Å². The molecule has 2 rings (SSSR count). The molecule has 1 aromatic heterocycles. The molecule has 0 N–H and O–H groups in total. The Balaban J connectivity index is 2.20. The van der Waals surface area contributed by atoms with Crippen molar-refractivity contribution in [3.8, 4) is 0 Å². The summed E-state index contributed by atoms with van der Waals surface area (Å²) < 4.78 is 0. The molecule has 0 aliphatic rings. The van der Waals surface area contributed by atoms with E-state index in [0.717, 1.165) is 11.3 Å². The highest BCUT2D eigenvalue weighted by Crippen LogP contribution is 2.15. The van der Waals surface area contributed by atoms with Crippen molar-refractivity contribution < 1.29 is 0 Å². The van der Waals surface area contributed by atoms with Crippen molar-refractivity contribution in [1.82, 2.24) is 4.98 Å².